The van der Waals surface area contributed by atoms with E-state index in [1.54, 1.807) is 18.5 Å². The molecule has 0 saturated carbocycles. The number of hydrogen-bond acceptors (Lipinski definition) is 7. The van der Waals surface area contributed by atoms with Gasteiger partial charge in [0.15, 0.2) is 0 Å². The standard InChI is InChI=1S/C28H35N7O3/c1-2-30-26-24(27(37)31-14-16-35-15-4-6-23(36)19-35)11-12-25(34-26)21-7-9-22(10-8-21)33-28(38)32-18-20-5-3-13-29-17-20/h3,5,7-13,17,23,36H,2,4,6,14-16,18-19H2,1H3,(H,30,34)(H,31,37)(H2,32,33,38). The summed E-state index contributed by atoms with van der Waals surface area (Å²) in [6.07, 6.45) is 4.93. The van der Waals surface area contributed by atoms with Gasteiger partial charge >= 0.3 is 6.03 Å². The summed E-state index contributed by atoms with van der Waals surface area (Å²) in [7, 11) is 0. The third-order valence-corrected chi connectivity index (χ3v) is 6.29. The molecule has 0 aliphatic carbocycles. The fourth-order valence-electron chi connectivity index (χ4n) is 4.35. The molecule has 1 saturated heterocycles. The van der Waals surface area contributed by atoms with Crippen molar-refractivity contribution in [2.24, 2.45) is 0 Å². The lowest BCUT2D eigenvalue weighted by molar-refractivity contribution is 0.0703. The molecule has 10 nitrogen and oxygen atoms in total. The van der Waals surface area contributed by atoms with E-state index in [0.717, 1.165) is 30.5 Å². The number of aliphatic hydroxyl groups is 1. The quantitative estimate of drug-likeness (QED) is 0.279. The second kappa shape index (κ2) is 13.5. The molecule has 1 unspecified atom stereocenters. The van der Waals surface area contributed by atoms with Gasteiger partial charge in [0.2, 0.25) is 0 Å². The minimum absolute atomic E-state index is 0.186. The summed E-state index contributed by atoms with van der Waals surface area (Å²) >= 11 is 0. The second-order valence-electron chi connectivity index (χ2n) is 9.22. The maximum absolute atomic E-state index is 12.9. The van der Waals surface area contributed by atoms with E-state index < -0.39 is 0 Å². The van der Waals surface area contributed by atoms with Gasteiger partial charge in [-0.2, -0.15) is 0 Å². The Hall–Kier alpha value is -4.02. The molecule has 3 aromatic rings. The molecule has 0 spiro atoms. The molecule has 4 rings (SSSR count). The third-order valence-electron chi connectivity index (χ3n) is 6.29. The third kappa shape index (κ3) is 7.74. The summed E-state index contributed by atoms with van der Waals surface area (Å²) in [6, 6.07) is 14.4. The average molecular weight is 518 g/mol. The Labute approximate surface area is 222 Å². The number of anilines is 2. The first kappa shape index (κ1) is 27.0. The number of benzene rings is 1. The van der Waals surface area contributed by atoms with E-state index in [0.29, 0.717) is 55.5 Å². The second-order valence-corrected chi connectivity index (χ2v) is 9.22. The molecule has 1 fully saturated rings. The van der Waals surface area contributed by atoms with Crippen LogP contribution < -0.4 is 21.3 Å². The van der Waals surface area contributed by atoms with Crippen molar-refractivity contribution in [2.75, 3.05) is 43.4 Å². The number of pyridine rings is 2. The van der Waals surface area contributed by atoms with Gasteiger partial charge in [-0.05, 0) is 62.2 Å². The fraction of sp³-hybridized carbons (Fsp3) is 0.357. The number of urea groups is 1. The Morgan fingerprint density at radius 3 is 2.68 bits per heavy atom. The highest BCUT2D eigenvalue weighted by Gasteiger charge is 2.18. The number of aromatic nitrogens is 2. The lowest BCUT2D eigenvalue weighted by Crippen LogP contribution is -2.42. The number of amides is 3. The molecule has 0 radical (unpaired) electrons. The summed E-state index contributed by atoms with van der Waals surface area (Å²) < 4.78 is 0. The number of rotatable bonds is 10. The number of aliphatic hydroxyl groups excluding tert-OH is 1. The Kier molecular flexibility index (Phi) is 9.60. The lowest BCUT2D eigenvalue weighted by Gasteiger charge is -2.29. The first-order valence-electron chi connectivity index (χ1n) is 13.0. The number of carbonyl (C=O) groups is 2. The zero-order chi connectivity index (χ0) is 26.7. The molecular weight excluding hydrogens is 482 g/mol. The summed E-state index contributed by atoms with van der Waals surface area (Å²) in [5.41, 5.74) is 3.63. The summed E-state index contributed by atoms with van der Waals surface area (Å²) in [6.45, 7) is 5.76. The maximum Gasteiger partial charge on any atom is 0.319 e. The van der Waals surface area contributed by atoms with Gasteiger partial charge in [0.1, 0.15) is 5.82 Å². The highest BCUT2D eigenvalue weighted by atomic mass is 16.3. The Morgan fingerprint density at radius 1 is 1.11 bits per heavy atom. The molecule has 10 heteroatoms. The van der Waals surface area contributed by atoms with Crippen molar-refractivity contribution < 1.29 is 14.7 Å². The highest BCUT2D eigenvalue weighted by molar-refractivity contribution is 5.99. The van der Waals surface area contributed by atoms with Gasteiger partial charge in [0.25, 0.3) is 5.91 Å². The van der Waals surface area contributed by atoms with Crippen LogP contribution >= 0.6 is 0 Å². The van der Waals surface area contributed by atoms with Gasteiger partial charge in [-0.25, -0.2) is 9.78 Å². The van der Waals surface area contributed by atoms with Gasteiger partial charge in [0.05, 0.1) is 17.4 Å². The molecule has 1 atom stereocenters. The van der Waals surface area contributed by atoms with Crippen molar-refractivity contribution in [1.29, 1.82) is 0 Å². The van der Waals surface area contributed by atoms with Gasteiger partial charge in [-0.1, -0.05) is 18.2 Å². The van der Waals surface area contributed by atoms with Crippen molar-refractivity contribution in [2.45, 2.75) is 32.4 Å². The number of hydrogen-bond donors (Lipinski definition) is 5. The monoisotopic (exact) mass is 517 g/mol. The number of likely N-dealkylation sites (tertiary alicyclic amines) is 1. The smallest absolute Gasteiger partial charge is 0.319 e. The van der Waals surface area contributed by atoms with Crippen molar-refractivity contribution >= 4 is 23.4 Å². The van der Waals surface area contributed by atoms with Crippen LogP contribution in [0.15, 0.2) is 60.9 Å². The Bertz CT molecular complexity index is 1200. The van der Waals surface area contributed by atoms with Crippen molar-refractivity contribution in [3.8, 4) is 11.3 Å². The van der Waals surface area contributed by atoms with Gasteiger partial charge in [-0.3, -0.25) is 14.7 Å². The first-order chi connectivity index (χ1) is 18.5. The van der Waals surface area contributed by atoms with E-state index in [4.69, 9.17) is 4.98 Å². The van der Waals surface area contributed by atoms with Crippen LogP contribution in [0.4, 0.5) is 16.3 Å². The molecule has 1 aliphatic rings. The minimum Gasteiger partial charge on any atom is -0.392 e. The molecular formula is C28H35N7O3. The topological polar surface area (TPSA) is 132 Å². The average Bonchev–Trinajstić information content (AvgIpc) is 2.93. The molecule has 0 bridgehead atoms. The van der Waals surface area contributed by atoms with Crippen LogP contribution in [0.5, 0.6) is 0 Å². The number of carbonyl (C=O) groups excluding carboxylic acids is 2. The van der Waals surface area contributed by atoms with Crippen LogP contribution in [0.3, 0.4) is 0 Å². The van der Waals surface area contributed by atoms with Gasteiger partial charge < -0.3 is 26.4 Å². The number of nitrogens with zero attached hydrogens (tertiary/aromatic N) is 3. The molecule has 5 N–H and O–H groups in total. The highest BCUT2D eigenvalue weighted by Crippen LogP contribution is 2.24. The van der Waals surface area contributed by atoms with Crippen LogP contribution in [0.2, 0.25) is 0 Å². The Balaban J connectivity index is 1.34. The van der Waals surface area contributed by atoms with Gasteiger partial charge in [0, 0.05) is 56.4 Å². The molecule has 3 heterocycles. The largest absolute Gasteiger partial charge is 0.392 e. The van der Waals surface area contributed by atoms with E-state index in [2.05, 4.69) is 31.2 Å². The Morgan fingerprint density at radius 2 is 1.95 bits per heavy atom. The van der Waals surface area contributed by atoms with E-state index in [9.17, 15) is 14.7 Å². The van der Waals surface area contributed by atoms with E-state index in [1.165, 1.54) is 0 Å². The fourth-order valence-corrected chi connectivity index (χ4v) is 4.35. The van der Waals surface area contributed by atoms with Crippen molar-refractivity contribution in [3.63, 3.8) is 0 Å². The minimum atomic E-state index is -0.305. The summed E-state index contributed by atoms with van der Waals surface area (Å²) in [4.78, 5) is 36.0. The summed E-state index contributed by atoms with van der Waals surface area (Å²) in [5, 5.41) is 21.6. The van der Waals surface area contributed by atoms with Crippen molar-refractivity contribution in [1.82, 2.24) is 25.5 Å². The van der Waals surface area contributed by atoms with E-state index in [1.807, 2.05) is 49.4 Å². The SMILES string of the molecule is CCNc1nc(-c2ccc(NC(=O)NCc3cccnc3)cc2)ccc1C(=O)NCCN1CCCC(O)C1. The number of nitrogens with one attached hydrogen (secondary N) is 4. The first-order valence-corrected chi connectivity index (χ1v) is 13.0. The van der Waals surface area contributed by atoms with E-state index >= 15 is 0 Å². The lowest BCUT2D eigenvalue weighted by atomic mass is 10.1. The van der Waals surface area contributed by atoms with Crippen molar-refractivity contribution in [3.05, 3.63) is 72.1 Å². The molecule has 1 aliphatic heterocycles. The molecule has 200 valence electrons. The number of piperidine rings is 1. The molecule has 1 aromatic carbocycles. The van der Waals surface area contributed by atoms with Crippen LogP contribution in [-0.2, 0) is 6.54 Å². The van der Waals surface area contributed by atoms with Crippen LogP contribution in [-0.4, -0.2) is 70.7 Å². The predicted molar refractivity (Wildman–Crippen MR) is 148 cm³/mol. The normalized spacial score (nSPS) is 15.5. The van der Waals surface area contributed by atoms with Gasteiger partial charge in [-0.15, -0.1) is 0 Å². The summed E-state index contributed by atoms with van der Waals surface area (Å²) in [5.74, 6) is 0.335. The predicted octanol–water partition coefficient (Wildman–Crippen LogP) is 3.08. The van der Waals surface area contributed by atoms with Crippen LogP contribution in [0, 0.1) is 0 Å². The maximum atomic E-state index is 12.9. The zero-order valence-corrected chi connectivity index (χ0v) is 21.6. The number of β-amino-alcohol motifs (C(OH)–C–C–N with tert-alkyl or cyclic N) is 1. The van der Waals surface area contributed by atoms with Crippen LogP contribution in [0.25, 0.3) is 11.3 Å². The van der Waals surface area contributed by atoms with E-state index in [-0.39, 0.29) is 18.0 Å². The van der Waals surface area contributed by atoms with Crippen LogP contribution in [0.1, 0.15) is 35.7 Å². The molecule has 3 amide bonds. The molecule has 38 heavy (non-hydrogen) atoms. The zero-order valence-electron chi connectivity index (χ0n) is 21.6. The molecule has 2 aromatic heterocycles.